The minimum Gasteiger partial charge on any atom is -0.353 e. The van der Waals surface area contributed by atoms with Crippen LogP contribution in [-0.4, -0.2) is 42.0 Å². The van der Waals surface area contributed by atoms with Gasteiger partial charge in [-0.2, -0.15) is 0 Å². The molecule has 6 nitrogen and oxygen atoms in total. The van der Waals surface area contributed by atoms with Crippen molar-refractivity contribution in [1.29, 1.82) is 0 Å². The number of carbonyl (C=O) groups excluding carboxylic acids is 2. The van der Waals surface area contributed by atoms with Crippen molar-refractivity contribution in [1.82, 2.24) is 10.2 Å². The fraction of sp³-hybridized carbons (Fsp3) is 0.600. The third kappa shape index (κ3) is 3.43. The number of nitrogens with zero attached hydrogens (tertiary/aromatic N) is 1. The molecule has 3 amide bonds. The molecule has 1 aliphatic heterocycles. The van der Waals surface area contributed by atoms with Gasteiger partial charge in [0.1, 0.15) is 0 Å². The molecule has 1 aromatic carbocycles. The maximum absolute atomic E-state index is 12.7. The molecule has 3 aliphatic rings. The van der Waals surface area contributed by atoms with Gasteiger partial charge in [-0.05, 0) is 56.1 Å². The van der Waals surface area contributed by atoms with Gasteiger partial charge in [0, 0.05) is 30.9 Å². The Bertz CT molecular complexity index is 655. The minimum atomic E-state index is -0.0731. The summed E-state index contributed by atoms with van der Waals surface area (Å²) in [6.07, 6.45) is 5.05. The van der Waals surface area contributed by atoms with Gasteiger partial charge in [-0.15, -0.1) is 0 Å². The molecule has 1 heterocycles. The van der Waals surface area contributed by atoms with Gasteiger partial charge in [-0.3, -0.25) is 4.79 Å². The third-order valence-corrected chi connectivity index (χ3v) is 6.44. The first-order valence-corrected chi connectivity index (χ1v) is 9.79. The van der Waals surface area contributed by atoms with E-state index in [0.717, 1.165) is 31.4 Å². The van der Waals surface area contributed by atoms with Crippen LogP contribution in [0.15, 0.2) is 30.3 Å². The molecule has 2 bridgehead atoms. The average Bonchev–Trinajstić information content (AvgIpc) is 3.24. The molecular formula is C20H28N4O2. The van der Waals surface area contributed by atoms with Crippen molar-refractivity contribution in [3.63, 3.8) is 0 Å². The van der Waals surface area contributed by atoms with E-state index in [4.69, 9.17) is 5.73 Å². The molecule has 26 heavy (non-hydrogen) atoms. The first-order chi connectivity index (χ1) is 12.6. The van der Waals surface area contributed by atoms with Crippen LogP contribution in [0.25, 0.3) is 0 Å². The van der Waals surface area contributed by atoms with Gasteiger partial charge in [-0.1, -0.05) is 18.2 Å². The highest BCUT2D eigenvalue weighted by molar-refractivity contribution is 5.89. The normalized spacial score (nSPS) is 31.0. The molecule has 6 heteroatoms. The van der Waals surface area contributed by atoms with Crippen molar-refractivity contribution in [3.05, 3.63) is 30.3 Å². The van der Waals surface area contributed by atoms with Crippen LogP contribution in [0.4, 0.5) is 10.5 Å². The minimum absolute atomic E-state index is 0.00633. The molecular weight excluding hydrogens is 328 g/mol. The summed E-state index contributed by atoms with van der Waals surface area (Å²) in [7, 11) is 0. The summed E-state index contributed by atoms with van der Waals surface area (Å²) < 4.78 is 0. The lowest BCUT2D eigenvalue weighted by Crippen LogP contribution is -2.52. The number of urea groups is 1. The van der Waals surface area contributed by atoms with E-state index in [0.29, 0.717) is 24.9 Å². The van der Waals surface area contributed by atoms with E-state index >= 15 is 0 Å². The maximum atomic E-state index is 12.7. The lowest BCUT2D eigenvalue weighted by molar-refractivity contribution is -0.128. The molecule has 1 aromatic rings. The Labute approximate surface area is 154 Å². The number of carbonyl (C=O) groups is 2. The highest BCUT2D eigenvalue weighted by atomic mass is 16.2. The zero-order chi connectivity index (χ0) is 18.1. The number of hydrogen-bond acceptors (Lipinski definition) is 3. The quantitative estimate of drug-likeness (QED) is 0.776. The van der Waals surface area contributed by atoms with Gasteiger partial charge in [0.25, 0.3) is 0 Å². The molecule has 1 saturated heterocycles. The predicted molar refractivity (Wildman–Crippen MR) is 100 cm³/mol. The van der Waals surface area contributed by atoms with Crippen LogP contribution in [0.2, 0.25) is 0 Å². The van der Waals surface area contributed by atoms with Crippen molar-refractivity contribution in [2.75, 3.05) is 18.4 Å². The first kappa shape index (κ1) is 17.3. The molecule has 4 N–H and O–H groups in total. The number of likely N-dealkylation sites (tertiary alicyclic amines) is 1. The van der Waals surface area contributed by atoms with Crippen LogP contribution in [-0.2, 0) is 4.79 Å². The van der Waals surface area contributed by atoms with E-state index in [1.54, 1.807) is 0 Å². The molecule has 0 aromatic heterocycles. The van der Waals surface area contributed by atoms with Crippen molar-refractivity contribution >= 4 is 17.6 Å². The topological polar surface area (TPSA) is 87.5 Å². The molecule has 140 valence electrons. The van der Waals surface area contributed by atoms with Crippen LogP contribution in [0.1, 0.15) is 32.1 Å². The lowest BCUT2D eigenvalue weighted by atomic mass is 9.84. The summed E-state index contributed by atoms with van der Waals surface area (Å²) in [5.74, 6) is 1.15. The van der Waals surface area contributed by atoms with Gasteiger partial charge in [0.05, 0.1) is 5.92 Å². The fourth-order valence-electron chi connectivity index (χ4n) is 4.97. The second-order valence-corrected chi connectivity index (χ2v) is 8.00. The number of para-hydroxylation sites is 1. The van der Waals surface area contributed by atoms with Crippen LogP contribution in [0.5, 0.6) is 0 Å². The highest BCUT2D eigenvalue weighted by Gasteiger charge is 2.49. The first-order valence-electron chi connectivity index (χ1n) is 9.79. The summed E-state index contributed by atoms with van der Waals surface area (Å²) in [6.45, 7) is 1.32. The number of piperidine rings is 1. The summed E-state index contributed by atoms with van der Waals surface area (Å²) >= 11 is 0. The van der Waals surface area contributed by atoms with Crippen molar-refractivity contribution < 1.29 is 9.59 Å². The Kier molecular flexibility index (Phi) is 4.85. The summed E-state index contributed by atoms with van der Waals surface area (Å²) in [4.78, 5) is 26.9. The number of hydrogen-bond donors (Lipinski definition) is 3. The number of fused-ring (bicyclic) bond motifs is 2. The van der Waals surface area contributed by atoms with E-state index in [9.17, 15) is 9.59 Å². The largest absolute Gasteiger partial charge is 0.353 e. The monoisotopic (exact) mass is 356 g/mol. The summed E-state index contributed by atoms with van der Waals surface area (Å²) in [5.41, 5.74) is 7.09. The Morgan fingerprint density at radius 1 is 1.00 bits per heavy atom. The number of rotatable bonds is 3. The summed E-state index contributed by atoms with van der Waals surface area (Å²) in [6, 6.07) is 9.59. The van der Waals surface area contributed by atoms with Crippen LogP contribution in [0, 0.1) is 17.8 Å². The fourth-order valence-corrected chi connectivity index (χ4v) is 4.97. The van der Waals surface area contributed by atoms with E-state index in [-0.39, 0.29) is 29.9 Å². The maximum Gasteiger partial charge on any atom is 0.321 e. The molecule has 4 unspecified atom stereocenters. The number of amides is 3. The molecule has 0 radical (unpaired) electrons. The second kappa shape index (κ2) is 7.27. The Hall–Kier alpha value is -2.08. The van der Waals surface area contributed by atoms with Crippen LogP contribution < -0.4 is 16.4 Å². The third-order valence-electron chi connectivity index (χ3n) is 6.44. The van der Waals surface area contributed by atoms with Gasteiger partial charge in [-0.25, -0.2) is 4.79 Å². The van der Waals surface area contributed by atoms with Gasteiger partial charge in [0.2, 0.25) is 5.91 Å². The Morgan fingerprint density at radius 2 is 1.69 bits per heavy atom. The van der Waals surface area contributed by atoms with Crippen molar-refractivity contribution in [2.45, 2.75) is 44.2 Å². The zero-order valence-electron chi connectivity index (χ0n) is 15.1. The second-order valence-electron chi connectivity index (χ2n) is 8.00. The number of benzene rings is 1. The molecule has 3 fully saturated rings. The van der Waals surface area contributed by atoms with Crippen molar-refractivity contribution in [2.24, 2.45) is 23.5 Å². The van der Waals surface area contributed by atoms with E-state index in [1.165, 1.54) is 6.42 Å². The average molecular weight is 356 g/mol. The summed E-state index contributed by atoms with van der Waals surface area (Å²) in [5, 5.41) is 6.13. The van der Waals surface area contributed by atoms with Crippen LogP contribution in [0.3, 0.4) is 0 Å². The van der Waals surface area contributed by atoms with Crippen LogP contribution >= 0.6 is 0 Å². The highest BCUT2D eigenvalue weighted by Crippen LogP contribution is 2.47. The number of nitrogens with one attached hydrogen (secondary N) is 2. The van der Waals surface area contributed by atoms with E-state index in [1.807, 2.05) is 35.2 Å². The Morgan fingerprint density at radius 3 is 2.35 bits per heavy atom. The molecule has 2 aliphatic carbocycles. The standard InChI is InChI=1S/C20H28N4O2/c21-18-14-7-6-13(12-14)17(18)19(25)22-16-8-10-24(11-9-16)20(26)23-15-4-2-1-3-5-15/h1-5,13-14,16-18H,6-12,21H2,(H,22,25)(H,23,26). The molecule has 0 spiro atoms. The van der Waals surface area contributed by atoms with Crippen molar-refractivity contribution in [3.8, 4) is 0 Å². The number of nitrogens with two attached hydrogens (primary N) is 1. The van der Waals surface area contributed by atoms with Gasteiger partial charge in [0.15, 0.2) is 0 Å². The lowest BCUT2D eigenvalue weighted by Gasteiger charge is -2.34. The molecule has 4 atom stereocenters. The smallest absolute Gasteiger partial charge is 0.321 e. The molecule has 2 saturated carbocycles. The Balaban J connectivity index is 1.25. The predicted octanol–water partition coefficient (Wildman–Crippen LogP) is 2.17. The van der Waals surface area contributed by atoms with Gasteiger partial charge >= 0.3 is 6.03 Å². The van der Waals surface area contributed by atoms with E-state index < -0.39 is 0 Å². The van der Waals surface area contributed by atoms with E-state index in [2.05, 4.69) is 10.6 Å². The SMILES string of the molecule is NC1C2CCC(C2)C1C(=O)NC1CCN(C(=O)Nc2ccccc2)CC1. The zero-order valence-corrected chi connectivity index (χ0v) is 15.1. The molecule has 4 rings (SSSR count). The number of anilines is 1. The van der Waals surface area contributed by atoms with Gasteiger partial charge < -0.3 is 21.3 Å².